The highest BCUT2D eigenvalue weighted by molar-refractivity contribution is 7.89. The van der Waals surface area contributed by atoms with Crippen molar-refractivity contribution < 1.29 is 12.9 Å². The number of hydrogen-bond donors (Lipinski definition) is 1. The van der Waals surface area contributed by atoms with Gasteiger partial charge >= 0.3 is 0 Å². The summed E-state index contributed by atoms with van der Waals surface area (Å²) in [5, 5.41) is 3.96. The molecule has 0 atom stereocenters. The fourth-order valence-electron chi connectivity index (χ4n) is 2.51. The van der Waals surface area contributed by atoms with E-state index in [2.05, 4.69) is 14.9 Å². The Hall–Kier alpha value is -2.51. The number of nitrogens with zero attached hydrogens (tertiary/aromatic N) is 2. The molecule has 3 rings (SSSR count). The molecule has 0 bridgehead atoms. The quantitative estimate of drug-likeness (QED) is 0.719. The van der Waals surface area contributed by atoms with Crippen LogP contribution in [0.5, 0.6) is 0 Å². The first-order valence-electron chi connectivity index (χ1n) is 8.32. The molecule has 1 aromatic heterocycles. The van der Waals surface area contributed by atoms with E-state index in [0.29, 0.717) is 18.1 Å². The van der Waals surface area contributed by atoms with Crippen molar-refractivity contribution in [2.24, 2.45) is 0 Å². The van der Waals surface area contributed by atoms with Crippen LogP contribution in [0.25, 0.3) is 11.4 Å². The Morgan fingerprint density at radius 1 is 1.04 bits per heavy atom. The normalized spacial score (nSPS) is 11.7. The van der Waals surface area contributed by atoms with Gasteiger partial charge in [0.1, 0.15) is 0 Å². The molecule has 0 spiro atoms. The van der Waals surface area contributed by atoms with Crippen LogP contribution in [0.15, 0.2) is 51.9 Å². The fraction of sp³-hybridized carbons (Fsp3) is 0.263. The summed E-state index contributed by atoms with van der Waals surface area (Å²) in [7, 11) is -3.56. The van der Waals surface area contributed by atoms with Crippen molar-refractivity contribution in [2.75, 3.05) is 6.54 Å². The molecule has 1 heterocycles. The summed E-state index contributed by atoms with van der Waals surface area (Å²) in [5.41, 5.74) is 3.97. The average molecular weight is 371 g/mol. The van der Waals surface area contributed by atoms with Gasteiger partial charge in [-0.05, 0) is 50.1 Å². The molecular weight excluding hydrogens is 350 g/mol. The Morgan fingerprint density at radius 3 is 2.58 bits per heavy atom. The van der Waals surface area contributed by atoms with Crippen LogP contribution >= 0.6 is 0 Å². The highest BCUT2D eigenvalue weighted by Crippen LogP contribution is 2.17. The zero-order valence-corrected chi connectivity index (χ0v) is 15.8. The highest BCUT2D eigenvalue weighted by atomic mass is 32.2. The minimum Gasteiger partial charge on any atom is -0.339 e. The van der Waals surface area contributed by atoms with E-state index in [1.165, 1.54) is 0 Å². The van der Waals surface area contributed by atoms with Gasteiger partial charge < -0.3 is 4.52 Å². The molecule has 26 heavy (non-hydrogen) atoms. The number of benzene rings is 2. The Labute approximate surface area is 153 Å². The molecule has 0 aliphatic heterocycles. The van der Waals surface area contributed by atoms with Crippen LogP contribution in [0.2, 0.25) is 0 Å². The van der Waals surface area contributed by atoms with E-state index >= 15 is 0 Å². The molecule has 0 saturated carbocycles. The molecule has 7 heteroatoms. The third-order valence-electron chi connectivity index (χ3n) is 4.16. The van der Waals surface area contributed by atoms with E-state index in [0.717, 1.165) is 22.3 Å². The van der Waals surface area contributed by atoms with Gasteiger partial charge in [-0.1, -0.05) is 35.0 Å². The van der Waals surface area contributed by atoms with Gasteiger partial charge in [-0.25, -0.2) is 13.1 Å². The van der Waals surface area contributed by atoms with Crippen LogP contribution in [0, 0.1) is 20.8 Å². The summed E-state index contributed by atoms with van der Waals surface area (Å²) >= 11 is 0. The van der Waals surface area contributed by atoms with Gasteiger partial charge in [-0.3, -0.25) is 0 Å². The lowest BCUT2D eigenvalue weighted by molar-refractivity contribution is 0.379. The van der Waals surface area contributed by atoms with Gasteiger partial charge in [0.05, 0.1) is 4.90 Å². The van der Waals surface area contributed by atoms with Crippen molar-refractivity contribution >= 4 is 10.0 Å². The summed E-state index contributed by atoms with van der Waals surface area (Å²) in [5.74, 6) is 0.894. The van der Waals surface area contributed by atoms with Crippen LogP contribution in [0.3, 0.4) is 0 Å². The summed E-state index contributed by atoms with van der Waals surface area (Å²) in [6, 6.07) is 12.9. The van der Waals surface area contributed by atoms with Gasteiger partial charge in [0, 0.05) is 18.5 Å². The zero-order chi connectivity index (χ0) is 18.7. The molecule has 0 amide bonds. The molecule has 136 valence electrons. The Morgan fingerprint density at radius 2 is 1.85 bits per heavy atom. The van der Waals surface area contributed by atoms with E-state index in [4.69, 9.17) is 4.52 Å². The number of rotatable bonds is 6. The van der Waals surface area contributed by atoms with Crippen LogP contribution in [-0.2, 0) is 16.4 Å². The van der Waals surface area contributed by atoms with E-state index in [-0.39, 0.29) is 11.4 Å². The first kappa shape index (κ1) is 18.3. The maximum absolute atomic E-state index is 12.4. The van der Waals surface area contributed by atoms with Gasteiger partial charge in [0.25, 0.3) is 0 Å². The largest absolute Gasteiger partial charge is 0.339 e. The monoisotopic (exact) mass is 371 g/mol. The number of sulfonamides is 1. The van der Waals surface area contributed by atoms with Gasteiger partial charge in [-0.15, -0.1) is 0 Å². The predicted molar refractivity (Wildman–Crippen MR) is 99.3 cm³/mol. The molecule has 3 aromatic rings. The van der Waals surface area contributed by atoms with Crippen molar-refractivity contribution in [2.45, 2.75) is 32.1 Å². The summed E-state index contributed by atoms with van der Waals surface area (Å²) in [4.78, 5) is 4.58. The second-order valence-corrected chi connectivity index (χ2v) is 8.04. The first-order valence-corrected chi connectivity index (χ1v) is 9.80. The third kappa shape index (κ3) is 4.17. The lowest BCUT2D eigenvalue weighted by atomic mass is 10.1. The van der Waals surface area contributed by atoms with Gasteiger partial charge in [0.15, 0.2) is 0 Å². The van der Waals surface area contributed by atoms with Gasteiger partial charge in [-0.2, -0.15) is 4.98 Å². The van der Waals surface area contributed by atoms with Crippen molar-refractivity contribution in [1.29, 1.82) is 0 Å². The van der Waals surface area contributed by atoms with E-state index in [1.807, 2.05) is 45.0 Å². The van der Waals surface area contributed by atoms with Crippen LogP contribution < -0.4 is 4.72 Å². The van der Waals surface area contributed by atoms with Crippen molar-refractivity contribution in [1.82, 2.24) is 14.9 Å². The number of hydrogen-bond acceptors (Lipinski definition) is 5. The predicted octanol–water partition coefficient (Wildman–Crippen LogP) is 3.18. The van der Waals surface area contributed by atoms with Crippen LogP contribution in [0.4, 0.5) is 0 Å². The molecule has 0 fully saturated rings. The maximum atomic E-state index is 12.4. The number of aromatic nitrogens is 2. The minimum atomic E-state index is -3.56. The Bertz CT molecular complexity index is 1030. The average Bonchev–Trinajstić information content (AvgIpc) is 3.06. The molecular formula is C19H21N3O3S. The van der Waals surface area contributed by atoms with Crippen molar-refractivity contribution in [3.8, 4) is 11.4 Å². The molecule has 0 unspecified atom stereocenters. The number of aryl methyl sites for hydroxylation is 3. The van der Waals surface area contributed by atoms with E-state index < -0.39 is 10.0 Å². The molecule has 2 aromatic carbocycles. The summed E-state index contributed by atoms with van der Waals surface area (Å²) in [6.07, 6.45) is 0.322. The standard InChI is InChI=1S/C19H21N3O3S/c1-13-5-4-6-16(11-13)19-21-18(25-22-19)9-10-20-26(23,24)17-8-7-14(2)15(3)12-17/h4-8,11-12,20H,9-10H2,1-3H3. The van der Waals surface area contributed by atoms with Crippen LogP contribution in [0.1, 0.15) is 22.6 Å². The zero-order valence-electron chi connectivity index (χ0n) is 15.0. The lowest BCUT2D eigenvalue weighted by Gasteiger charge is -2.07. The van der Waals surface area contributed by atoms with Crippen LogP contribution in [-0.4, -0.2) is 25.1 Å². The molecule has 0 aliphatic rings. The third-order valence-corrected chi connectivity index (χ3v) is 5.62. The van der Waals surface area contributed by atoms with Gasteiger partial charge in [0.2, 0.25) is 21.7 Å². The molecule has 1 N–H and O–H groups in total. The molecule has 0 aliphatic carbocycles. The first-order chi connectivity index (χ1) is 12.3. The van der Waals surface area contributed by atoms with Crippen molar-refractivity contribution in [3.05, 3.63) is 65.0 Å². The SMILES string of the molecule is Cc1cccc(-c2noc(CCNS(=O)(=O)c3ccc(C)c(C)c3)n2)c1. The van der Waals surface area contributed by atoms with E-state index in [1.54, 1.807) is 18.2 Å². The molecule has 0 saturated heterocycles. The second-order valence-electron chi connectivity index (χ2n) is 6.28. The Balaban J connectivity index is 1.64. The molecule has 6 nitrogen and oxygen atoms in total. The second kappa shape index (κ2) is 7.39. The van der Waals surface area contributed by atoms with Crippen molar-refractivity contribution in [3.63, 3.8) is 0 Å². The summed E-state index contributed by atoms with van der Waals surface area (Å²) < 4.78 is 32.5. The topological polar surface area (TPSA) is 85.1 Å². The lowest BCUT2D eigenvalue weighted by Crippen LogP contribution is -2.26. The minimum absolute atomic E-state index is 0.185. The smallest absolute Gasteiger partial charge is 0.240 e. The summed E-state index contributed by atoms with van der Waals surface area (Å²) in [6.45, 7) is 6.01. The maximum Gasteiger partial charge on any atom is 0.240 e. The fourth-order valence-corrected chi connectivity index (χ4v) is 3.63. The van der Waals surface area contributed by atoms with E-state index in [9.17, 15) is 8.42 Å². The number of nitrogens with one attached hydrogen (secondary N) is 1. The Kier molecular flexibility index (Phi) is 5.20. The molecule has 0 radical (unpaired) electrons. The highest BCUT2D eigenvalue weighted by Gasteiger charge is 2.15.